The molecule has 8 nitrogen and oxygen atoms in total. The Morgan fingerprint density at radius 2 is 1.74 bits per heavy atom. The molecule has 3 fully saturated rings. The molecule has 5 rings (SSSR count). The number of aromatic nitrogens is 1. The molecule has 0 saturated carbocycles. The normalized spacial score (nSPS) is 21.0. The predicted octanol–water partition coefficient (Wildman–Crippen LogP) is 3.96. The maximum atomic E-state index is 13.3. The van der Waals surface area contributed by atoms with Crippen molar-refractivity contribution in [2.45, 2.75) is 51.6 Å². The first-order chi connectivity index (χ1) is 18.2. The van der Waals surface area contributed by atoms with Gasteiger partial charge in [0.15, 0.2) is 0 Å². The lowest BCUT2D eigenvalue weighted by atomic mass is 10.2. The van der Waals surface area contributed by atoms with Gasteiger partial charge in [-0.3, -0.25) is 9.69 Å². The number of carbonyl (C=O) groups is 1. The molecule has 1 aromatic heterocycles. The molecule has 0 N–H and O–H groups in total. The summed E-state index contributed by atoms with van der Waals surface area (Å²) in [4.78, 5) is 16.9. The fourth-order valence-electron chi connectivity index (χ4n) is 4.81. The van der Waals surface area contributed by atoms with Crippen molar-refractivity contribution in [1.82, 2.24) is 14.4 Å². The van der Waals surface area contributed by atoms with Crippen LogP contribution in [-0.2, 0) is 20.8 Å². The van der Waals surface area contributed by atoms with Gasteiger partial charge in [0.05, 0.1) is 19.8 Å². The summed E-state index contributed by atoms with van der Waals surface area (Å²) in [5, 5.41) is 0.529. The Balaban J connectivity index is 0.000000603. The first kappa shape index (κ1) is 28.7. The van der Waals surface area contributed by atoms with Gasteiger partial charge < -0.3 is 28.4 Å². The van der Waals surface area contributed by atoms with Gasteiger partial charge in [-0.2, -0.15) is 13.2 Å². The third kappa shape index (κ3) is 7.84. The van der Waals surface area contributed by atoms with Crippen molar-refractivity contribution in [3.63, 3.8) is 0 Å². The van der Waals surface area contributed by atoms with Gasteiger partial charge in [0.1, 0.15) is 30.7 Å². The summed E-state index contributed by atoms with van der Waals surface area (Å²) in [6.45, 7) is 9.13. The maximum absolute atomic E-state index is 13.3. The number of amides is 1. The molecule has 0 aliphatic carbocycles. The number of hydrogen-bond acceptors (Lipinski definition) is 6. The number of benzene rings is 1. The second-order valence-electron chi connectivity index (χ2n) is 10.1. The molecule has 1 amide bonds. The Morgan fingerprint density at radius 3 is 2.37 bits per heavy atom. The SMILES string of the molecule is C1CCOC1.CC(C)N1CCOC(COc2ccc3c(c2)cc(C(=O)N2CCOCC2)n3CC(F)(F)F)C1. The highest BCUT2D eigenvalue weighted by Crippen LogP contribution is 2.29. The third-order valence-electron chi connectivity index (χ3n) is 6.89. The van der Waals surface area contributed by atoms with Crippen LogP contribution in [0.2, 0.25) is 0 Å². The summed E-state index contributed by atoms with van der Waals surface area (Å²) >= 11 is 0. The smallest absolute Gasteiger partial charge is 0.406 e. The van der Waals surface area contributed by atoms with Gasteiger partial charge in [0, 0.05) is 56.3 Å². The van der Waals surface area contributed by atoms with E-state index in [0.717, 1.165) is 30.9 Å². The minimum atomic E-state index is -4.46. The highest BCUT2D eigenvalue weighted by atomic mass is 19.4. The molecule has 212 valence electrons. The highest BCUT2D eigenvalue weighted by molar-refractivity contribution is 5.99. The second kappa shape index (κ2) is 13.1. The topological polar surface area (TPSA) is 65.4 Å². The van der Waals surface area contributed by atoms with Gasteiger partial charge in [-0.25, -0.2) is 0 Å². The van der Waals surface area contributed by atoms with E-state index in [4.69, 9.17) is 18.9 Å². The van der Waals surface area contributed by atoms with Crippen LogP contribution in [-0.4, -0.2) is 104 Å². The zero-order chi connectivity index (χ0) is 27.1. The van der Waals surface area contributed by atoms with E-state index in [1.54, 1.807) is 18.2 Å². The molecule has 3 aliphatic heterocycles. The van der Waals surface area contributed by atoms with Crippen LogP contribution in [0.4, 0.5) is 13.2 Å². The van der Waals surface area contributed by atoms with Gasteiger partial charge in [-0.15, -0.1) is 0 Å². The number of hydrogen-bond donors (Lipinski definition) is 0. The molecule has 1 atom stereocenters. The van der Waals surface area contributed by atoms with Crippen molar-refractivity contribution in [3.05, 3.63) is 30.0 Å². The van der Waals surface area contributed by atoms with Crippen molar-refractivity contribution in [1.29, 1.82) is 0 Å². The summed E-state index contributed by atoms with van der Waals surface area (Å²) in [5.41, 5.74) is 0.362. The van der Waals surface area contributed by atoms with Crippen LogP contribution in [0.3, 0.4) is 0 Å². The quantitative estimate of drug-likeness (QED) is 0.552. The minimum Gasteiger partial charge on any atom is -0.491 e. The third-order valence-corrected chi connectivity index (χ3v) is 6.89. The van der Waals surface area contributed by atoms with Crippen LogP contribution >= 0.6 is 0 Å². The lowest BCUT2D eigenvalue weighted by Crippen LogP contribution is -2.47. The molecule has 11 heteroatoms. The average Bonchev–Trinajstić information content (AvgIpc) is 3.59. The second-order valence-corrected chi connectivity index (χ2v) is 10.1. The molecular formula is C27H38F3N3O5. The van der Waals surface area contributed by atoms with Crippen LogP contribution in [0, 0.1) is 0 Å². The van der Waals surface area contributed by atoms with Crippen LogP contribution in [0.5, 0.6) is 5.75 Å². The summed E-state index contributed by atoms with van der Waals surface area (Å²) in [6.07, 6.45) is -1.98. The molecule has 2 aromatic rings. The summed E-state index contributed by atoms with van der Waals surface area (Å²) < 4.78 is 62.9. The van der Waals surface area contributed by atoms with Gasteiger partial charge >= 0.3 is 6.18 Å². The Labute approximate surface area is 221 Å². The summed E-state index contributed by atoms with van der Waals surface area (Å²) in [6, 6.07) is 6.84. The minimum absolute atomic E-state index is 0.0181. The maximum Gasteiger partial charge on any atom is 0.406 e. The number of fused-ring (bicyclic) bond motifs is 1. The molecule has 0 bridgehead atoms. The van der Waals surface area contributed by atoms with E-state index in [-0.39, 0.29) is 11.8 Å². The largest absolute Gasteiger partial charge is 0.491 e. The lowest BCUT2D eigenvalue weighted by Gasteiger charge is -2.35. The first-order valence-electron chi connectivity index (χ1n) is 13.3. The van der Waals surface area contributed by atoms with Crippen molar-refractivity contribution in [2.75, 3.05) is 65.8 Å². The van der Waals surface area contributed by atoms with E-state index in [1.165, 1.54) is 23.8 Å². The van der Waals surface area contributed by atoms with Crippen molar-refractivity contribution >= 4 is 16.8 Å². The van der Waals surface area contributed by atoms with Crippen LogP contribution in [0.1, 0.15) is 37.2 Å². The number of ether oxygens (including phenoxy) is 4. The van der Waals surface area contributed by atoms with Crippen molar-refractivity contribution in [2.24, 2.45) is 0 Å². The Morgan fingerprint density at radius 1 is 1.03 bits per heavy atom. The van der Waals surface area contributed by atoms with E-state index >= 15 is 0 Å². The average molecular weight is 542 g/mol. The standard InChI is InChI=1S/C23H30F3N3O4.C4H8O/c1-16(2)28-7-10-32-19(13-28)14-33-18-3-4-20-17(11-18)12-21(29(20)15-23(24,25)26)22(30)27-5-8-31-9-6-27;1-2-4-5-3-1/h3-4,11-12,16,19H,5-10,13-15H2,1-2H3;1-4H2. The number of morpholine rings is 2. The zero-order valence-electron chi connectivity index (χ0n) is 22.2. The number of halogens is 3. The van der Waals surface area contributed by atoms with Gasteiger partial charge in [-0.05, 0) is 51.0 Å². The van der Waals surface area contributed by atoms with Gasteiger partial charge in [0.25, 0.3) is 5.91 Å². The molecule has 0 radical (unpaired) electrons. The van der Waals surface area contributed by atoms with E-state index in [0.29, 0.717) is 62.2 Å². The molecule has 3 aliphatic rings. The van der Waals surface area contributed by atoms with Crippen molar-refractivity contribution < 1.29 is 36.9 Å². The van der Waals surface area contributed by atoms with Crippen molar-refractivity contribution in [3.8, 4) is 5.75 Å². The van der Waals surface area contributed by atoms with E-state index < -0.39 is 18.6 Å². The van der Waals surface area contributed by atoms with E-state index in [2.05, 4.69) is 18.7 Å². The van der Waals surface area contributed by atoms with Gasteiger partial charge in [-0.1, -0.05) is 0 Å². The molecule has 0 spiro atoms. The molecule has 3 saturated heterocycles. The first-order valence-corrected chi connectivity index (χ1v) is 13.3. The molecule has 4 heterocycles. The Kier molecular flexibility index (Phi) is 9.91. The molecule has 1 aromatic carbocycles. The van der Waals surface area contributed by atoms with E-state index in [1.807, 2.05) is 0 Å². The number of nitrogens with zero attached hydrogens (tertiary/aromatic N) is 3. The molecular weight excluding hydrogens is 503 g/mol. The lowest BCUT2D eigenvalue weighted by molar-refractivity contribution is -0.140. The zero-order valence-corrected chi connectivity index (χ0v) is 22.2. The molecule has 1 unspecified atom stereocenters. The Bertz CT molecular complexity index is 1040. The van der Waals surface area contributed by atoms with E-state index in [9.17, 15) is 18.0 Å². The van der Waals surface area contributed by atoms with Crippen LogP contribution in [0.25, 0.3) is 10.9 Å². The fraction of sp³-hybridized carbons (Fsp3) is 0.667. The molecule has 38 heavy (non-hydrogen) atoms. The monoisotopic (exact) mass is 541 g/mol. The van der Waals surface area contributed by atoms with Crippen LogP contribution in [0.15, 0.2) is 24.3 Å². The fourth-order valence-corrected chi connectivity index (χ4v) is 4.81. The number of alkyl halides is 3. The highest BCUT2D eigenvalue weighted by Gasteiger charge is 2.32. The van der Waals surface area contributed by atoms with Crippen LogP contribution < -0.4 is 4.74 Å². The predicted molar refractivity (Wildman–Crippen MR) is 137 cm³/mol. The number of carbonyl (C=O) groups excluding carboxylic acids is 1. The Hall–Kier alpha value is -2.34. The summed E-state index contributed by atoms with van der Waals surface area (Å²) in [5.74, 6) is 0.105. The van der Waals surface area contributed by atoms with Gasteiger partial charge in [0.2, 0.25) is 0 Å². The summed E-state index contributed by atoms with van der Waals surface area (Å²) in [7, 11) is 0. The number of rotatable bonds is 6.